The molecule has 0 aliphatic heterocycles. The summed E-state index contributed by atoms with van der Waals surface area (Å²) in [6.45, 7) is 0.492. The van der Waals surface area contributed by atoms with Crippen molar-refractivity contribution in [3.63, 3.8) is 0 Å². The molecule has 1 aromatic heterocycles. The van der Waals surface area contributed by atoms with Gasteiger partial charge in [0.05, 0.1) is 11.5 Å². The van der Waals surface area contributed by atoms with Crippen LogP contribution in [0.3, 0.4) is 0 Å². The molecule has 1 heterocycles. The minimum atomic E-state index is -0.503. The zero-order valence-electron chi connectivity index (χ0n) is 12.2. The summed E-state index contributed by atoms with van der Waals surface area (Å²) in [7, 11) is 0. The van der Waals surface area contributed by atoms with Crippen LogP contribution in [0.15, 0.2) is 39.5 Å². The summed E-state index contributed by atoms with van der Waals surface area (Å²) in [5, 5.41) is 13.6. The Hall–Kier alpha value is -2.14. The standard InChI is InChI=1S/C17H19NO4/c19-13-6-3-4-11(8-13)10-18-16(20)15-9-12-5-1-2-7-14(12)17(21)22-15/h1-2,5,7,9,11,13,19H,3-4,6,8,10H2,(H,18,20). The van der Waals surface area contributed by atoms with Gasteiger partial charge in [-0.05, 0) is 42.7 Å². The topological polar surface area (TPSA) is 79.5 Å². The van der Waals surface area contributed by atoms with Crippen molar-refractivity contribution in [2.75, 3.05) is 6.54 Å². The lowest BCUT2D eigenvalue weighted by Crippen LogP contribution is -2.33. The monoisotopic (exact) mass is 301 g/mol. The molecule has 1 aliphatic carbocycles. The average Bonchev–Trinajstić information content (AvgIpc) is 2.52. The molecule has 1 amide bonds. The number of aliphatic hydroxyl groups is 1. The third-order valence-electron chi connectivity index (χ3n) is 4.20. The first kappa shape index (κ1) is 14.8. The van der Waals surface area contributed by atoms with Crippen molar-refractivity contribution in [1.29, 1.82) is 0 Å². The van der Waals surface area contributed by atoms with E-state index < -0.39 is 5.63 Å². The Morgan fingerprint density at radius 3 is 2.95 bits per heavy atom. The Kier molecular flexibility index (Phi) is 4.24. The molecular formula is C17H19NO4. The van der Waals surface area contributed by atoms with E-state index in [4.69, 9.17) is 4.42 Å². The van der Waals surface area contributed by atoms with Gasteiger partial charge in [0.1, 0.15) is 0 Å². The zero-order valence-corrected chi connectivity index (χ0v) is 12.2. The number of carbonyl (C=O) groups excluding carboxylic acids is 1. The van der Waals surface area contributed by atoms with E-state index in [2.05, 4.69) is 5.32 Å². The Morgan fingerprint density at radius 2 is 2.14 bits per heavy atom. The van der Waals surface area contributed by atoms with Crippen LogP contribution >= 0.6 is 0 Å². The van der Waals surface area contributed by atoms with Gasteiger partial charge in [0.25, 0.3) is 5.91 Å². The Balaban J connectivity index is 1.71. The van der Waals surface area contributed by atoms with Crippen molar-refractivity contribution in [3.8, 4) is 0 Å². The van der Waals surface area contributed by atoms with Crippen molar-refractivity contribution < 1.29 is 14.3 Å². The molecule has 0 spiro atoms. The van der Waals surface area contributed by atoms with Crippen molar-refractivity contribution >= 4 is 16.7 Å². The lowest BCUT2D eigenvalue weighted by Gasteiger charge is -2.25. The van der Waals surface area contributed by atoms with Gasteiger partial charge in [-0.1, -0.05) is 24.6 Å². The maximum Gasteiger partial charge on any atom is 0.344 e. The van der Waals surface area contributed by atoms with Crippen LogP contribution in [0.1, 0.15) is 36.2 Å². The first-order valence-electron chi connectivity index (χ1n) is 7.62. The molecule has 1 fully saturated rings. The molecule has 2 unspecified atom stereocenters. The van der Waals surface area contributed by atoms with E-state index >= 15 is 0 Å². The minimum absolute atomic E-state index is 0.0278. The average molecular weight is 301 g/mol. The second kappa shape index (κ2) is 6.32. The summed E-state index contributed by atoms with van der Waals surface area (Å²) in [5.41, 5.74) is -0.503. The van der Waals surface area contributed by atoms with E-state index in [1.165, 1.54) is 0 Å². The summed E-state index contributed by atoms with van der Waals surface area (Å²) in [5.74, 6) is -0.0807. The Labute approximate surface area is 127 Å². The Morgan fingerprint density at radius 1 is 1.32 bits per heavy atom. The number of hydrogen-bond acceptors (Lipinski definition) is 4. The third-order valence-corrected chi connectivity index (χ3v) is 4.20. The molecule has 1 aliphatic rings. The van der Waals surface area contributed by atoms with Crippen LogP contribution in [-0.4, -0.2) is 23.7 Å². The van der Waals surface area contributed by atoms with Crippen LogP contribution in [0.2, 0.25) is 0 Å². The molecule has 1 aromatic carbocycles. The van der Waals surface area contributed by atoms with Crippen molar-refractivity contribution in [2.45, 2.75) is 31.8 Å². The summed E-state index contributed by atoms with van der Waals surface area (Å²) >= 11 is 0. The van der Waals surface area contributed by atoms with Crippen LogP contribution in [0, 0.1) is 5.92 Å². The molecule has 3 rings (SSSR count). The third kappa shape index (κ3) is 3.20. The minimum Gasteiger partial charge on any atom is -0.417 e. The molecule has 0 saturated heterocycles. The fraction of sp³-hybridized carbons (Fsp3) is 0.412. The summed E-state index contributed by atoms with van der Waals surface area (Å²) in [6, 6.07) is 8.61. The molecule has 2 atom stereocenters. The molecule has 5 nitrogen and oxygen atoms in total. The van der Waals surface area contributed by atoms with Gasteiger partial charge in [0, 0.05) is 6.54 Å². The number of amides is 1. The lowest BCUT2D eigenvalue weighted by atomic mass is 9.87. The molecule has 116 valence electrons. The van der Waals surface area contributed by atoms with E-state index in [-0.39, 0.29) is 23.7 Å². The van der Waals surface area contributed by atoms with E-state index in [0.717, 1.165) is 19.3 Å². The van der Waals surface area contributed by atoms with Crippen LogP contribution in [0.25, 0.3) is 10.8 Å². The van der Waals surface area contributed by atoms with Crippen molar-refractivity contribution in [3.05, 3.63) is 46.5 Å². The molecule has 1 saturated carbocycles. The van der Waals surface area contributed by atoms with Gasteiger partial charge >= 0.3 is 5.63 Å². The number of rotatable bonds is 3. The number of benzene rings is 1. The molecule has 0 radical (unpaired) electrons. The van der Waals surface area contributed by atoms with Crippen molar-refractivity contribution in [1.82, 2.24) is 5.32 Å². The highest BCUT2D eigenvalue weighted by Crippen LogP contribution is 2.23. The number of fused-ring (bicyclic) bond motifs is 1. The molecule has 0 bridgehead atoms. The van der Waals surface area contributed by atoms with Crippen LogP contribution in [-0.2, 0) is 0 Å². The normalized spacial score (nSPS) is 21.7. The van der Waals surface area contributed by atoms with E-state index in [9.17, 15) is 14.7 Å². The smallest absolute Gasteiger partial charge is 0.344 e. The molecule has 5 heteroatoms. The second-order valence-corrected chi connectivity index (χ2v) is 5.88. The highest BCUT2D eigenvalue weighted by Gasteiger charge is 2.21. The maximum atomic E-state index is 12.2. The Bertz CT molecular complexity index is 737. The summed E-state index contributed by atoms with van der Waals surface area (Å²) < 4.78 is 5.10. The second-order valence-electron chi connectivity index (χ2n) is 5.88. The van der Waals surface area contributed by atoms with E-state index in [0.29, 0.717) is 23.7 Å². The highest BCUT2D eigenvalue weighted by atomic mass is 16.4. The van der Waals surface area contributed by atoms with Gasteiger partial charge in [-0.3, -0.25) is 4.79 Å². The predicted molar refractivity (Wildman–Crippen MR) is 82.8 cm³/mol. The van der Waals surface area contributed by atoms with E-state index in [1.54, 1.807) is 24.3 Å². The van der Waals surface area contributed by atoms with E-state index in [1.807, 2.05) is 6.07 Å². The molecule has 2 aromatic rings. The van der Waals surface area contributed by atoms with Crippen molar-refractivity contribution in [2.24, 2.45) is 5.92 Å². The van der Waals surface area contributed by atoms with Gasteiger partial charge in [-0.25, -0.2) is 4.79 Å². The number of hydrogen-bond donors (Lipinski definition) is 2. The summed E-state index contributed by atoms with van der Waals surface area (Å²) in [4.78, 5) is 24.0. The number of nitrogens with one attached hydrogen (secondary N) is 1. The van der Waals surface area contributed by atoms with Crippen LogP contribution in [0.5, 0.6) is 0 Å². The zero-order chi connectivity index (χ0) is 15.5. The van der Waals surface area contributed by atoms with Gasteiger partial charge in [-0.15, -0.1) is 0 Å². The van der Waals surface area contributed by atoms with Crippen LogP contribution < -0.4 is 10.9 Å². The fourth-order valence-electron chi connectivity index (χ4n) is 3.02. The molecular weight excluding hydrogens is 282 g/mol. The fourth-order valence-corrected chi connectivity index (χ4v) is 3.02. The number of carbonyl (C=O) groups is 1. The quantitative estimate of drug-likeness (QED) is 0.909. The highest BCUT2D eigenvalue weighted by molar-refractivity contribution is 5.95. The van der Waals surface area contributed by atoms with Gasteiger partial charge in [0.15, 0.2) is 5.76 Å². The molecule has 22 heavy (non-hydrogen) atoms. The first-order chi connectivity index (χ1) is 10.6. The maximum absolute atomic E-state index is 12.2. The lowest BCUT2D eigenvalue weighted by molar-refractivity contribution is 0.0851. The molecule has 2 N–H and O–H groups in total. The summed E-state index contributed by atoms with van der Waals surface area (Å²) in [6.07, 6.45) is 3.26. The van der Waals surface area contributed by atoms with Gasteiger partial charge in [-0.2, -0.15) is 0 Å². The SMILES string of the molecule is O=C(NCC1CCCC(O)C1)c1cc2ccccc2c(=O)o1. The number of aliphatic hydroxyl groups excluding tert-OH is 1. The van der Waals surface area contributed by atoms with Gasteiger partial charge in [0.2, 0.25) is 0 Å². The first-order valence-corrected chi connectivity index (χ1v) is 7.62. The van der Waals surface area contributed by atoms with Crippen LogP contribution in [0.4, 0.5) is 0 Å². The van der Waals surface area contributed by atoms with Gasteiger partial charge < -0.3 is 14.8 Å². The largest absolute Gasteiger partial charge is 0.417 e. The predicted octanol–water partition coefficient (Wildman–Crippen LogP) is 2.07.